The minimum atomic E-state index is -0.729. The second-order valence-electron chi connectivity index (χ2n) is 4.83. The largest absolute Gasteiger partial charge is 0.486 e. The number of ether oxygens (including phenoxy) is 1. The van der Waals surface area contributed by atoms with Crippen molar-refractivity contribution in [2.24, 2.45) is 5.73 Å². The van der Waals surface area contributed by atoms with Gasteiger partial charge in [-0.3, -0.25) is 0 Å². The zero-order valence-corrected chi connectivity index (χ0v) is 11.4. The molecule has 0 saturated carbocycles. The Kier molecular flexibility index (Phi) is 4.35. The molecule has 0 aliphatic carbocycles. The van der Waals surface area contributed by atoms with E-state index in [1.165, 1.54) is 6.07 Å². The zero-order chi connectivity index (χ0) is 14.7. The van der Waals surface area contributed by atoms with Crippen molar-refractivity contribution < 1.29 is 13.5 Å². The second-order valence-corrected chi connectivity index (χ2v) is 4.83. The summed E-state index contributed by atoms with van der Waals surface area (Å²) in [6.07, 6.45) is -0.433. The van der Waals surface area contributed by atoms with Crippen LogP contribution in [-0.4, -0.2) is 6.10 Å². The van der Waals surface area contributed by atoms with E-state index in [-0.39, 0.29) is 11.8 Å². The highest BCUT2D eigenvalue weighted by atomic mass is 19.1. The molecule has 2 nitrogen and oxygen atoms in total. The Balaban J connectivity index is 2.11. The average Bonchev–Trinajstić information content (AvgIpc) is 2.42. The van der Waals surface area contributed by atoms with Crippen molar-refractivity contribution in [1.82, 2.24) is 0 Å². The van der Waals surface area contributed by atoms with E-state index < -0.39 is 17.7 Å². The fourth-order valence-electron chi connectivity index (χ4n) is 1.90. The highest BCUT2D eigenvalue weighted by Crippen LogP contribution is 2.23. The molecule has 2 aromatic rings. The van der Waals surface area contributed by atoms with Crippen LogP contribution >= 0.6 is 0 Å². The lowest BCUT2D eigenvalue weighted by atomic mass is 10.0. The molecule has 20 heavy (non-hydrogen) atoms. The number of nitrogens with two attached hydrogens (primary N) is 1. The molecular formula is C16H17F2NO. The van der Waals surface area contributed by atoms with Gasteiger partial charge in [0.2, 0.25) is 0 Å². The second kappa shape index (κ2) is 6.01. The summed E-state index contributed by atoms with van der Waals surface area (Å²) < 4.78 is 31.8. The minimum absolute atomic E-state index is 0.00135. The van der Waals surface area contributed by atoms with Gasteiger partial charge in [0.25, 0.3) is 0 Å². The zero-order valence-electron chi connectivity index (χ0n) is 11.4. The molecule has 2 rings (SSSR count). The molecule has 2 atom stereocenters. The summed E-state index contributed by atoms with van der Waals surface area (Å²) in [5.41, 5.74) is 8.14. The van der Waals surface area contributed by atoms with Gasteiger partial charge in [0.05, 0.1) is 6.04 Å². The summed E-state index contributed by atoms with van der Waals surface area (Å²) in [5.74, 6) is -1.36. The van der Waals surface area contributed by atoms with Crippen LogP contribution in [-0.2, 0) is 0 Å². The van der Waals surface area contributed by atoms with Crippen LogP contribution < -0.4 is 10.5 Å². The number of hydrogen-bond acceptors (Lipinski definition) is 2. The third-order valence-corrected chi connectivity index (χ3v) is 3.17. The van der Waals surface area contributed by atoms with Gasteiger partial charge in [0.15, 0.2) is 11.6 Å². The van der Waals surface area contributed by atoms with Crippen LogP contribution in [0.4, 0.5) is 8.78 Å². The minimum Gasteiger partial charge on any atom is -0.486 e. The van der Waals surface area contributed by atoms with E-state index in [0.717, 1.165) is 23.3 Å². The Labute approximate surface area is 117 Å². The lowest BCUT2D eigenvalue weighted by molar-refractivity contribution is 0.182. The van der Waals surface area contributed by atoms with Gasteiger partial charge in [-0.15, -0.1) is 0 Å². The van der Waals surface area contributed by atoms with Gasteiger partial charge in [-0.05, 0) is 31.5 Å². The maximum atomic E-state index is 13.5. The Morgan fingerprint density at radius 3 is 2.30 bits per heavy atom. The lowest BCUT2D eigenvalue weighted by Crippen LogP contribution is -2.29. The molecule has 2 unspecified atom stereocenters. The van der Waals surface area contributed by atoms with Crippen LogP contribution in [0.3, 0.4) is 0 Å². The molecule has 0 aliphatic heterocycles. The predicted octanol–water partition coefficient (Wildman–Crippen LogP) is 3.74. The summed E-state index contributed by atoms with van der Waals surface area (Å²) in [4.78, 5) is 0. The van der Waals surface area contributed by atoms with Gasteiger partial charge in [-0.2, -0.15) is 0 Å². The van der Waals surface area contributed by atoms with Gasteiger partial charge < -0.3 is 10.5 Å². The molecular weight excluding hydrogens is 260 g/mol. The topological polar surface area (TPSA) is 35.2 Å². The molecule has 4 heteroatoms. The molecule has 0 saturated heterocycles. The average molecular weight is 277 g/mol. The highest BCUT2D eigenvalue weighted by Gasteiger charge is 2.18. The van der Waals surface area contributed by atoms with E-state index in [4.69, 9.17) is 10.5 Å². The number of halogens is 2. The van der Waals surface area contributed by atoms with Crippen molar-refractivity contribution in [2.75, 3.05) is 0 Å². The van der Waals surface area contributed by atoms with Crippen LogP contribution in [0, 0.1) is 18.6 Å². The van der Waals surface area contributed by atoms with Crippen molar-refractivity contribution in [3.63, 3.8) is 0 Å². The van der Waals surface area contributed by atoms with Gasteiger partial charge in [0.1, 0.15) is 11.9 Å². The molecule has 0 bridgehead atoms. The number of benzene rings is 2. The predicted molar refractivity (Wildman–Crippen MR) is 74.6 cm³/mol. The van der Waals surface area contributed by atoms with E-state index >= 15 is 0 Å². The van der Waals surface area contributed by atoms with Crippen LogP contribution in [0.2, 0.25) is 0 Å². The normalized spacial score (nSPS) is 13.8. The van der Waals surface area contributed by atoms with Gasteiger partial charge in [-0.1, -0.05) is 29.8 Å². The first-order valence-corrected chi connectivity index (χ1v) is 6.41. The van der Waals surface area contributed by atoms with E-state index in [1.54, 1.807) is 6.92 Å². The fraction of sp³-hybridized carbons (Fsp3) is 0.250. The number of aryl methyl sites for hydroxylation is 1. The van der Waals surface area contributed by atoms with Crippen molar-refractivity contribution in [3.8, 4) is 5.75 Å². The maximum Gasteiger partial charge on any atom is 0.167 e. The molecule has 2 aromatic carbocycles. The monoisotopic (exact) mass is 277 g/mol. The number of hydrogen-bond donors (Lipinski definition) is 1. The molecule has 0 spiro atoms. The van der Waals surface area contributed by atoms with E-state index in [0.29, 0.717) is 0 Å². The number of rotatable bonds is 4. The van der Waals surface area contributed by atoms with E-state index in [9.17, 15) is 8.78 Å². The molecule has 0 heterocycles. The van der Waals surface area contributed by atoms with Crippen LogP contribution in [0.1, 0.15) is 24.1 Å². The van der Waals surface area contributed by atoms with Crippen LogP contribution in [0.25, 0.3) is 0 Å². The van der Waals surface area contributed by atoms with Gasteiger partial charge in [0, 0.05) is 6.07 Å². The Morgan fingerprint density at radius 2 is 1.70 bits per heavy atom. The first kappa shape index (κ1) is 14.5. The van der Waals surface area contributed by atoms with Crippen molar-refractivity contribution in [3.05, 3.63) is 65.2 Å². The Morgan fingerprint density at radius 1 is 1.05 bits per heavy atom. The molecule has 0 amide bonds. The fourth-order valence-corrected chi connectivity index (χ4v) is 1.90. The molecule has 0 radical (unpaired) electrons. The molecule has 0 fully saturated rings. The lowest BCUT2D eigenvalue weighted by Gasteiger charge is -2.22. The van der Waals surface area contributed by atoms with E-state index in [1.807, 2.05) is 31.2 Å². The standard InChI is InChI=1S/C16H17F2NO/c1-10-3-5-12(6-4-10)16(19)11(2)20-15-8-7-13(17)9-14(15)18/h3-9,11,16H,19H2,1-2H3. The van der Waals surface area contributed by atoms with Crippen LogP contribution in [0.5, 0.6) is 5.75 Å². The maximum absolute atomic E-state index is 13.5. The quantitative estimate of drug-likeness (QED) is 0.924. The van der Waals surface area contributed by atoms with Gasteiger partial charge >= 0.3 is 0 Å². The summed E-state index contributed by atoms with van der Waals surface area (Å²) in [5, 5.41) is 0. The summed E-state index contributed by atoms with van der Waals surface area (Å²) in [6, 6.07) is 10.6. The molecule has 106 valence electrons. The molecule has 2 N–H and O–H groups in total. The van der Waals surface area contributed by atoms with Crippen LogP contribution in [0.15, 0.2) is 42.5 Å². The summed E-state index contributed by atoms with van der Waals surface area (Å²) in [6.45, 7) is 3.75. The third-order valence-electron chi connectivity index (χ3n) is 3.17. The molecule has 0 aromatic heterocycles. The van der Waals surface area contributed by atoms with Crippen molar-refractivity contribution in [2.45, 2.75) is 26.0 Å². The first-order chi connectivity index (χ1) is 9.47. The Hall–Kier alpha value is -1.94. The van der Waals surface area contributed by atoms with Crippen molar-refractivity contribution in [1.29, 1.82) is 0 Å². The smallest absolute Gasteiger partial charge is 0.167 e. The van der Waals surface area contributed by atoms with Gasteiger partial charge in [-0.25, -0.2) is 8.78 Å². The summed E-state index contributed by atoms with van der Waals surface area (Å²) >= 11 is 0. The SMILES string of the molecule is Cc1ccc(C(N)C(C)Oc2ccc(F)cc2F)cc1. The third kappa shape index (κ3) is 3.33. The highest BCUT2D eigenvalue weighted by molar-refractivity contribution is 5.27. The van der Waals surface area contributed by atoms with E-state index in [2.05, 4.69) is 0 Å². The molecule has 0 aliphatic rings. The van der Waals surface area contributed by atoms with Crippen molar-refractivity contribution >= 4 is 0 Å². The summed E-state index contributed by atoms with van der Waals surface area (Å²) in [7, 11) is 0. The Bertz CT molecular complexity index is 584. The first-order valence-electron chi connectivity index (χ1n) is 6.41.